The SMILES string of the molecule is CCc1noc(C)c1C(=O)NNC(=O)c1cc(Br)c[nH]1. The third-order valence-electron chi connectivity index (χ3n) is 2.68. The number of H-pyrrole nitrogens is 1. The summed E-state index contributed by atoms with van der Waals surface area (Å²) in [5.41, 5.74) is 5.88. The summed E-state index contributed by atoms with van der Waals surface area (Å²) in [7, 11) is 0. The van der Waals surface area contributed by atoms with E-state index in [0.717, 1.165) is 4.47 Å². The molecule has 2 aromatic heterocycles. The van der Waals surface area contributed by atoms with Gasteiger partial charge in [0.1, 0.15) is 17.0 Å². The number of hydrazine groups is 1. The van der Waals surface area contributed by atoms with Crippen LogP contribution in [0.4, 0.5) is 0 Å². The molecule has 0 aliphatic carbocycles. The fourth-order valence-electron chi connectivity index (χ4n) is 1.69. The molecule has 3 N–H and O–H groups in total. The van der Waals surface area contributed by atoms with Crippen molar-refractivity contribution in [1.82, 2.24) is 21.0 Å². The molecule has 2 aromatic rings. The number of amides is 2. The Labute approximate surface area is 123 Å². The monoisotopic (exact) mass is 340 g/mol. The zero-order chi connectivity index (χ0) is 14.7. The number of nitrogens with one attached hydrogen (secondary N) is 3. The number of halogens is 1. The molecule has 0 aliphatic rings. The van der Waals surface area contributed by atoms with Crippen molar-refractivity contribution in [2.75, 3.05) is 0 Å². The summed E-state index contributed by atoms with van der Waals surface area (Å²) < 4.78 is 5.71. The molecular weight excluding hydrogens is 328 g/mol. The molecule has 2 amide bonds. The van der Waals surface area contributed by atoms with E-state index in [1.165, 1.54) is 0 Å². The number of hydrogen-bond acceptors (Lipinski definition) is 4. The molecule has 0 unspecified atom stereocenters. The predicted octanol–water partition coefficient (Wildman–Crippen LogP) is 1.71. The van der Waals surface area contributed by atoms with Crippen LogP contribution in [0.1, 0.15) is 39.2 Å². The highest BCUT2D eigenvalue weighted by atomic mass is 79.9. The number of nitrogens with zero attached hydrogens (tertiary/aromatic N) is 1. The lowest BCUT2D eigenvalue weighted by molar-refractivity contribution is 0.0843. The number of carbonyl (C=O) groups excluding carboxylic acids is 2. The Hall–Kier alpha value is -2.09. The normalized spacial score (nSPS) is 10.3. The second-order valence-electron chi connectivity index (χ2n) is 4.05. The van der Waals surface area contributed by atoms with Crippen LogP contribution in [-0.2, 0) is 6.42 Å². The smallest absolute Gasteiger partial charge is 0.286 e. The van der Waals surface area contributed by atoms with E-state index in [-0.39, 0.29) is 0 Å². The van der Waals surface area contributed by atoms with Crippen molar-refractivity contribution in [3.8, 4) is 0 Å². The lowest BCUT2D eigenvalue weighted by Crippen LogP contribution is -2.42. The molecular formula is C12H13BrN4O3. The molecule has 0 spiro atoms. The van der Waals surface area contributed by atoms with E-state index in [2.05, 4.69) is 36.9 Å². The third-order valence-corrected chi connectivity index (χ3v) is 3.14. The van der Waals surface area contributed by atoms with Gasteiger partial charge in [0.2, 0.25) is 0 Å². The summed E-state index contributed by atoms with van der Waals surface area (Å²) in [5, 5.41) is 3.78. The first-order chi connectivity index (χ1) is 9.52. The first-order valence-corrected chi connectivity index (χ1v) is 6.72. The average molecular weight is 341 g/mol. The fraction of sp³-hybridized carbons (Fsp3) is 0.250. The lowest BCUT2D eigenvalue weighted by Gasteiger charge is -2.06. The van der Waals surface area contributed by atoms with E-state index in [1.54, 1.807) is 19.2 Å². The fourth-order valence-corrected chi connectivity index (χ4v) is 2.04. The number of aromatic nitrogens is 2. The van der Waals surface area contributed by atoms with Crippen molar-refractivity contribution in [1.29, 1.82) is 0 Å². The Morgan fingerprint density at radius 3 is 2.70 bits per heavy atom. The van der Waals surface area contributed by atoms with E-state index in [0.29, 0.717) is 29.1 Å². The average Bonchev–Trinajstić information content (AvgIpc) is 3.01. The summed E-state index contributed by atoms with van der Waals surface area (Å²) in [6, 6.07) is 1.60. The summed E-state index contributed by atoms with van der Waals surface area (Å²) in [5.74, 6) is -0.494. The van der Waals surface area contributed by atoms with Crippen molar-refractivity contribution in [2.24, 2.45) is 0 Å². The second kappa shape index (κ2) is 5.91. The van der Waals surface area contributed by atoms with Crippen molar-refractivity contribution in [2.45, 2.75) is 20.3 Å². The molecule has 0 saturated heterocycles. The van der Waals surface area contributed by atoms with Crippen molar-refractivity contribution in [3.63, 3.8) is 0 Å². The van der Waals surface area contributed by atoms with Crippen LogP contribution in [0, 0.1) is 6.92 Å². The lowest BCUT2D eigenvalue weighted by atomic mass is 10.1. The van der Waals surface area contributed by atoms with Gasteiger partial charge < -0.3 is 9.51 Å². The standard InChI is InChI=1S/C12H13BrN4O3/c1-3-8-10(6(2)20-17-8)12(19)16-15-11(18)9-4-7(13)5-14-9/h4-5,14H,3H2,1-2H3,(H,15,18)(H,16,19). The molecule has 8 heteroatoms. The zero-order valence-corrected chi connectivity index (χ0v) is 12.5. The minimum Gasteiger partial charge on any atom is -0.361 e. The van der Waals surface area contributed by atoms with E-state index in [9.17, 15) is 9.59 Å². The van der Waals surface area contributed by atoms with Crippen LogP contribution in [0.2, 0.25) is 0 Å². The van der Waals surface area contributed by atoms with Crippen molar-refractivity contribution >= 4 is 27.7 Å². The summed E-state index contributed by atoms with van der Waals surface area (Å²) in [6.45, 7) is 3.51. The molecule has 0 saturated carbocycles. The van der Waals surface area contributed by atoms with Crippen LogP contribution in [0.25, 0.3) is 0 Å². The highest BCUT2D eigenvalue weighted by molar-refractivity contribution is 9.10. The van der Waals surface area contributed by atoms with Gasteiger partial charge in [-0.25, -0.2) is 0 Å². The maximum atomic E-state index is 12.0. The molecule has 2 heterocycles. The minimum atomic E-state index is -0.459. The molecule has 106 valence electrons. The van der Waals surface area contributed by atoms with Crippen LogP contribution < -0.4 is 10.9 Å². The van der Waals surface area contributed by atoms with Gasteiger partial charge >= 0.3 is 0 Å². The predicted molar refractivity (Wildman–Crippen MR) is 74.0 cm³/mol. The van der Waals surface area contributed by atoms with E-state index < -0.39 is 11.8 Å². The molecule has 0 aromatic carbocycles. The summed E-state index contributed by atoms with van der Waals surface area (Å²) in [6.07, 6.45) is 2.19. The van der Waals surface area contributed by atoms with Crippen LogP contribution in [0.5, 0.6) is 0 Å². The highest BCUT2D eigenvalue weighted by Crippen LogP contribution is 2.13. The van der Waals surface area contributed by atoms with Gasteiger partial charge in [0.25, 0.3) is 11.8 Å². The van der Waals surface area contributed by atoms with E-state index in [1.807, 2.05) is 6.92 Å². The van der Waals surface area contributed by atoms with Gasteiger partial charge in [-0.2, -0.15) is 0 Å². The molecule has 7 nitrogen and oxygen atoms in total. The zero-order valence-electron chi connectivity index (χ0n) is 10.9. The van der Waals surface area contributed by atoms with Gasteiger partial charge in [0.15, 0.2) is 0 Å². The number of aromatic amines is 1. The number of aryl methyl sites for hydroxylation is 2. The van der Waals surface area contributed by atoms with Crippen LogP contribution >= 0.6 is 15.9 Å². The second-order valence-corrected chi connectivity index (χ2v) is 4.97. The van der Waals surface area contributed by atoms with E-state index in [4.69, 9.17) is 4.52 Å². The Balaban J connectivity index is 2.02. The van der Waals surface area contributed by atoms with Gasteiger partial charge in [-0.15, -0.1) is 0 Å². The Morgan fingerprint density at radius 1 is 1.40 bits per heavy atom. The Bertz CT molecular complexity index is 647. The summed E-state index contributed by atoms with van der Waals surface area (Å²) >= 11 is 3.22. The molecule has 0 atom stereocenters. The first-order valence-electron chi connectivity index (χ1n) is 5.92. The maximum absolute atomic E-state index is 12.0. The van der Waals surface area contributed by atoms with Gasteiger partial charge in [-0.3, -0.25) is 20.4 Å². The van der Waals surface area contributed by atoms with Crippen molar-refractivity contribution < 1.29 is 14.1 Å². The number of hydrogen-bond donors (Lipinski definition) is 3. The molecule has 0 fully saturated rings. The summed E-state index contributed by atoms with van der Waals surface area (Å²) in [4.78, 5) is 26.5. The highest BCUT2D eigenvalue weighted by Gasteiger charge is 2.19. The molecule has 20 heavy (non-hydrogen) atoms. The molecule has 0 bridgehead atoms. The molecule has 0 aliphatic heterocycles. The van der Waals surface area contributed by atoms with Crippen LogP contribution in [0.15, 0.2) is 21.3 Å². The van der Waals surface area contributed by atoms with E-state index >= 15 is 0 Å². The largest absolute Gasteiger partial charge is 0.361 e. The molecule has 2 rings (SSSR count). The number of rotatable bonds is 3. The van der Waals surface area contributed by atoms with Crippen LogP contribution in [-0.4, -0.2) is 22.0 Å². The third kappa shape index (κ3) is 2.90. The molecule has 0 radical (unpaired) electrons. The minimum absolute atomic E-state index is 0.329. The first kappa shape index (κ1) is 14.3. The maximum Gasteiger partial charge on any atom is 0.286 e. The number of carbonyl (C=O) groups is 2. The van der Waals surface area contributed by atoms with Gasteiger partial charge in [0, 0.05) is 10.7 Å². The Morgan fingerprint density at radius 2 is 2.10 bits per heavy atom. The van der Waals surface area contributed by atoms with Crippen molar-refractivity contribution in [3.05, 3.63) is 39.4 Å². The van der Waals surface area contributed by atoms with Crippen LogP contribution in [0.3, 0.4) is 0 Å². The van der Waals surface area contributed by atoms with Gasteiger partial charge in [-0.1, -0.05) is 12.1 Å². The quantitative estimate of drug-likeness (QED) is 0.740. The Kier molecular flexibility index (Phi) is 4.23. The van der Waals surface area contributed by atoms with Gasteiger partial charge in [0.05, 0.1) is 5.69 Å². The topological polar surface area (TPSA) is 100 Å². The van der Waals surface area contributed by atoms with Gasteiger partial charge in [-0.05, 0) is 35.3 Å².